The second-order valence-corrected chi connectivity index (χ2v) is 3.51. The average molecular weight is 198 g/mol. The topological polar surface area (TPSA) is 24.9 Å². The van der Waals surface area contributed by atoms with Gasteiger partial charge in [0.25, 0.3) is 0 Å². The highest BCUT2D eigenvalue weighted by Gasteiger charge is 2.03. The van der Waals surface area contributed by atoms with Crippen LogP contribution in [0.5, 0.6) is 0 Å². The van der Waals surface area contributed by atoms with Gasteiger partial charge in [-0.2, -0.15) is 0 Å². The predicted molar refractivity (Wildman–Crippen MR) is 62.7 cm³/mol. The standard InChI is InChI=1S/C13H14N2/c1-11(12-7-9-14-10-8-12)15-13-5-3-2-4-6-13/h2-11,15H,1H3/t11-/m0/s1. The summed E-state index contributed by atoms with van der Waals surface area (Å²) in [7, 11) is 0. The summed E-state index contributed by atoms with van der Waals surface area (Å²) in [5, 5.41) is 3.43. The molecule has 0 bridgehead atoms. The number of pyridine rings is 1. The second kappa shape index (κ2) is 4.60. The van der Waals surface area contributed by atoms with E-state index in [0.29, 0.717) is 6.04 Å². The van der Waals surface area contributed by atoms with Crippen LogP contribution in [0.4, 0.5) is 5.69 Å². The summed E-state index contributed by atoms with van der Waals surface area (Å²) >= 11 is 0. The van der Waals surface area contributed by atoms with Gasteiger partial charge in [0, 0.05) is 24.1 Å². The summed E-state index contributed by atoms with van der Waals surface area (Å²) in [6, 6.07) is 14.6. The van der Waals surface area contributed by atoms with Crippen LogP contribution in [-0.4, -0.2) is 4.98 Å². The lowest BCUT2D eigenvalue weighted by Crippen LogP contribution is -2.06. The van der Waals surface area contributed by atoms with Crippen LogP contribution in [0.2, 0.25) is 0 Å². The lowest BCUT2D eigenvalue weighted by Gasteiger charge is -2.15. The van der Waals surface area contributed by atoms with E-state index in [-0.39, 0.29) is 0 Å². The Morgan fingerprint density at radius 3 is 2.33 bits per heavy atom. The molecule has 0 fully saturated rings. The van der Waals surface area contributed by atoms with Crippen molar-refractivity contribution in [3.8, 4) is 0 Å². The molecule has 0 spiro atoms. The van der Waals surface area contributed by atoms with E-state index < -0.39 is 0 Å². The van der Waals surface area contributed by atoms with E-state index in [9.17, 15) is 0 Å². The number of hydrogen-bond donors (Lipinski definition) is 1. The fourth-order valence-electron chi connectivity index (χ4n) is 1.52. The van der Waals surface area contributed by atoms with Crippen molar-refractivity contribution in [2.24, 2.45) is 0 Å². The molecule has 0 saturated heterocycles. The highest BCUT2D eigenvalue weighted by molar-refractivity contribution is 5.44. The van der Waals surface area contributed by atoms with E-state index in [1.165, 1.54) is 5.56 Å². The van der Waals surface area contributed by atoms with Gasteiger partial charge in [-0.15, -0.1) is 0 Å². The minimum atomic E-state index is 0.301. The van der Waals surface area contributed by atoms with Gasteiger partial charge in [-0.3, -0.25) is 4.98 Å². The molecule has 2 rings (SSSR count). The molecule has 0 unspecified atom stereocenters. The van der Waals surface area contributed by atoms with Crippen molar-refractivity contribution in [1.29, 1.82) is 0 Å². The maximum absolute atomic E-state index is 4.01. The van der Waals surface area contributed by atoms with E-state index in [0.717, 1.165) is 5.69 Å². The van der Waals surface area contributed by atoms with Crippen LogP contribution in [-0.2, 0) is 0 Å². The normalized spacial score (nSPS) is 12.1. The first-order valence-corrected chi connectivity index (χ1v) is 5.08. The van der Waals surface area contributed by atoms with Crippen molar-refractivity contribution >= 4 is 5.69 Å². The summed E-state index contributed by atoms with van der Waals surface area (Å²) in [5.41, 5.74) is 2.38. The smallest absolute Gasteiger partial charge is 0.0486 e. The van der Waals surface area contributed by atoms with Crippen molar-refractivity contribution in [3.05, 3.63) is 60.4 Å². The highest BCUT2D eigenvalue weighted by Crippen LogP contribution is 2.17. The first kappa shape index (κ1) is 9.71. The maximum Gasteiger partial charge on any atom is 0.0486 e. The van der Waals surface area contributed by atoms with Crippen molar-refractivity contribution < 1.29 is 0 Å². The van der Waals surface area contributed by atoms with Gasteiger partial charge >= 0.3 is 0 Å². The molecule has 0 radical (unpaired) electrons. The fourth-order valence-corrected chi connectivity index (χ4v) is 1.52. The van der Waals surface area contributed by atoms with Crippen LogP contribution >= 0.6 is 0 Å². The maximum atomic E-state index is 4.01. The monoisotopic (exact) mass is 198 g/mol. The second-order valence-electron chi connectivity index (χ2n) is 3.51. The summed E-state index contributed by atoms with van der Waals surface area (Å²) in [4.78, 5) is 4.01. The zero-order chi connectivity index (χ0) is 10.5. The van der Waals surface area contributed by atoms with Gasteiger partial charge in [0.1, 0.15) is 0 Å². The molecule has 2 nitrogen and oxygen atoms in total. The van der Waals surface area contributed by atoms with Gasteiger partial charge in [-0.25, -0.2) is 0 Å². The minimum absolute atomic E-state index is 0.301. The molecule has 0 saturated carbocycles. The van der Waals surface area contributed by atoms with Gasteiger partial charge in [0.05, 0.1) is 0 Å². The van der Waals surface area contributed by atoms with E-state index in [1.54, 1.807) is 0 Å². The van der Waals surface area contributed by atoms with Crippen LogP contribution in [0.1, 0.15) is 18.5 Å². The Kier molecular flexibility index (Phi) is 2.98. The molecule has 2 heteroatoms. The van der Waals surface area contributed by atoms with Gasteiger partial charge in [-0.1, -0.05) is 18.2 Å². The van der Waals surface area contributed by atoms with Crippen LogP contribution in [0, 0.1) is 0 Å². The zero-order valence-electron chi connectivity index (χ0n) is 8.72. The molecule has 1 N–H and O–H groups in total. The SMILES string of the molecule is C[C@H](Nc1ccccc1)c1ccncc1. The Bertz CT molecular complexity index is 397. The molecule has 0 aliphatic heterocycles. The van der Waals surface area contributed by atoms with Gasteiger partial charge < -0.3 is 5.32 Å². The molecule has 0 aliphatic rings. The lowest BCUT2D eigenvalue weighted by atomic mass is 10.1. The molecule has 1 aromatic carbocycles. The summed E-state index contributed by atoms with van der Waals surface area (Å²) in [5.74, 6) is 0. The van der Waals surface area contributed by atoms with Gasteiger partial charge in [-0.05, 0) is 36.8 Å². The Balaban J connectivity index is 2.08. The van der Waals surface area contributed by atoms with E-state index in [1.807, 2.05) is 42.7 Å². The Hall–Kier alpha value is -1.83. The first-order valence-electron chi connectivity index (χ1n) is 5.08. The van der Waals surface area contributed by atoms with Crippen molar-refractivity contribution in [2.75, 3.05) is 5.32 Å². The molecule has 0 aliphatic carbocycles. The molecule has 0 amide bonds. The van der Waals surface area contributed by atoms with E-state index in [2.05, 4.69) is 29.4 Å². The zero-order valence-corrected chi connectivity index (χ0v) is 8.72. The third-order valence-corrected chi connectivity index (χ3v) is 2.36. The lowest BCUT2D eigenvalue weighted by molar-refractivity contribution is 0.881. The average Bonchev–Trinajstić information content (AvgIpc) is 2.31. The summed E-state index contributed by atoms with van der Waals surface area (Å²) < 4.78 is 0. The van der Waals surface area contributed by atoms with Gasteiger partial charge in [0.15, 0.2) is 0 Å². The number of benzene rings is 1. The number of anilines is 1. The number of nitrogens with zero attached hydrogens (tertiary/aromatic N) is 1. The largest absolute Gasteiger partial charge is 0.379 e. The number of hydrogen-bond acceptors (Lipinski definition) is 2. The summed E-state index contributed by atoms with van der Waals surface area (Å²) in [6.45, 7) is 2.14. The van der Waals surface area contributed by atoms with Crippen LogP contribution in [0.3, 0.4) is 0 Å². The minimum Gasteiger partial charge on any atom is -0.379 e. The molecule has 15 heavy (non-hydrogen) atoms. The van der Waals surface area contributed by atoms with Crippen LogP contribution < -0.4 is 5.32 Å². The molecule has 1 atom stereocenters. The molecular weight excluding hydrogens is 184 g/mol. The van der Waals surface area contributed by atoms with Gasteiger partial charge in [0.2, 0.25) is 0 Å². The Morgan fingerprint density at radius 1 is 1.00 bits per heavy atom. The fraction of sp³-hybridized carbons (Fsp3) is 0.154. The number of aromatic nitrogens is 1. The molecule has 1 aromatic heterocycles. The number of rotatable bonds is 3. The predicted octanol–water partition coefficient (Wildman–Crippen LogP) is 3.25. The van der Waals surface area contributed by atoms with Crippen LogP contribution in [0.25, 0.3) is 0 Å². The van der Waals surface area contributed by atoms with Crippen molar-refractivity contribution in [1.82, 2.24) is 4.98 Å². The summed E-state index contributed by atoms with van der Waals surface area (Å²) in [6.07, 6.45) is 3.64. The van der Waals surface area contributed by atoms with E-state index >= 15 is 0 Å². The third-order valence-electron chi connectivity index (χ3n) is 2.36. The number of nitrogens with one attached hydrogen (secondary N) is 1. The Labute approximate surface area is 90.0 Å². The number of para-hydroxylation sites is 1. The molecular formula is C13H14N2. The quantitative estimate of drug-likeness (QED) is 0.818. The molecule has 76 valence electrons. The molecule has 2 aromatic rings. The van der Waals surface area contributed by atoms with Crippen LogP contribution in [0.15, 0.2) is 54.9 Å². The third kappa shape index (κ3) is 2.56. The van der Waals surface area contributed by atoms with Crippen molar-refractivity contribution in [2.45, 2.75) is 13.0 Å². The van der Waals surface area contributed by atoms with E-state index in [4.69, 9.17) is 0 Å². The highest BCUT2D eigenvalue weighted by atomic mass is 14.9. The Morgan fingerprint density at radius 2 is 1.67 bits per heavy atom. The van der Waals surface area contributed by atoms with Crippen molar-refractivity contribution in [3.63, 3.8) is 0 Å². The first-order chi connectivity index (χ1) is 7.36. The molecule has 1 heterocycles.